The maximum atomic E-state index is 11.6. The summed E-state index contributed by atoms with van der Waals surface area (Å²) in [6.45, 7) is 1.90. The highest BCUT2D eigenvalue weighted by Gasteiger charge is 2.19. The summed E-state index contributed by atoms with van der Waals surface area (Å²) in [5, 5.41) is 22.1. The van der Waals surface area contributed by atoms with E-state index in [-0.39, 0.29) is 12.2 Å². The van der Waals surface area contributed by atoms with Gasteiger partial charge < -0.3 is 10.1 Å². The highest BCUT2D eigenvalue weighted by atomic mass is 32.1. The van der Waals surface area contributed by atoms with E-state index in [9.17, 15) is 10.1 Å². The molecule has 0 fully saturated rings. The molecule has 0 atom stereocenters. The average Bonchev–Trinajstić information content (AvgIpc) is 2.68. The predicted octanol–water partition coefficient (Wildman–Crippen LogP) is 3.27. The van der Waals surface area contributed by atoms with Crippen LogP contribution in [-0.4, -0.2) is 12.6 Å². The molecule has 0 amide bonds. The SMILES string of the molecule is CCOC(=O)/C(C#N)=C/Nc1sc2c(c1C#N)CCCCC2. The Kier molecular flexibility index (Phi) is 5.57. The summed E-state index contributed by atoms with van der Waals surface area (Å²) in [6.07, 6.45) is 6.66. The van der Waals surface area contributed by atoms with Crippen LogP contribution in [0.1, 0.15) is 42.2 Å². The lowest BCUT2D eigenvalue weighted by Crippen LogP contribution is -2.07. The fraction of sp³-hybridized carbons (Fsp3) is 0.438. The molecule has 114 valence electrons. The van der Waals surface area contributed by atoms with Gasteiger partial charge in [0.25, 0.3) is 0 Å². The molecule has 22 heavy (non-hydrogen) atoms. The summed E-state index contributed by atoms with van der Waals surface area (Å²) in [5.41, 5.74) is 1.66. The van der Waals surface area contributed by atoms with Gasteiger partial charge in [-0.25, -0.2) is 4.79 Å². The van der Waals surface area contributed by atoms with Crippen LogP contribution in [-0.2, 0) is 22.4 Å². The van der Waals surface area contributed by atoms with Crippen molar-refractivity contribution >= 4 is 22.3 Å². The zero-order chi connectivity index (χ0) is 15.9. The second-order valence-corrected chi connectivity index (χ2v) is 6.02. The maximum Gasteiger partial charge on any atom is 0.350 e. The largest absolute Gasteiger partial charge is 0.462 e. The number of aryl methyl sites for hydroxylation is 1. The molecule has 1 heterocycles. The van der Waals surface area contributed by atoms with Gasteiger partial charge >= 0.3 is 5.97 Å². The third-order valence-corrected chi connectivity index (χ3v) is 4.72. The molecule has 1 aromatic rings. The van der Waals surface area contributed by atoms with Crippen molar-refractivity contribution in [2.75, 3.05) is 11.9 Å². The second kappa shape index (κ2) is 7.63. The van der Waals surface area contributed by atoms with Gasteiger partial charge in [0.2, 0.25) is 0 Å². The number of rotatable bonds is 4. The van der Waals surface area contributed by atoms with Crippen LogP contribution in [0.2, 0.25) is 0 Å². The standard InChI is InChI=1S/C16H17N3O2S/c1-2-21-16(20)11(8-17)10-19-15-13(9-18)12-6-4-3-5-7-14(12)22-15/h10,19H,2-7H2,1H3/b11-10+. The molecule has 0 unspecified atom stereocenters. The fourth-order valence-corrected chi connectivity index (χ4v) is 3.65. The van der Waals surface area contributed by atoms with Gasteiger partial charge in [0.1, 0.15) is 17.1 Å². The Hall–Kier alpha value is -2.31. The third kappa shape index (κ3) is 3.47. The van der Waals surface area contributed by atoms with Crippen molar-refractivity contribution in [1.29, 1.82) is 10.5 Å². The number of hydrogen-bond donors (Lipinski definition) is 1. The maximum absolute atomic E-state index is 11.6. The van der Waals surface area contributed by atoms with Gasteiger partial charge in [-0.15, -0.1) is 11.3 Å². The quantitative estimate of drug-likeness (QED) is 0.399. The number of hydrogen-bond acceptors (Lipinski definition) is 6. The normalized spacial score (nSPS) is 14.2. The summed E-state index contributed by atoms with van der Waals surface area (Å²) in [5.74, 6) is -0.658. The van der Waals surface area contributed by atoms with Gasteiger partial charge in [-0.2, -0.15) is 10.5 Å². The van der Waals surface area contributed by atoms with Crippen LogP contribution in [0.25, 0.3) is 0 Å². The average molecular weight is 315 g/mol. The fourth-order valence-electron chi connectivity index (χ4n) is 2.45. The number of carbonyl (C=O) groups is 1. The van der Waals surface area contributed by atoms with Crippen LogP contribution in [0, 0.1) is 22.7 Å². The highest BCUT2D eigenvalue weighted by molar-refractivity contribution is 7.16. The molecular weight excluding hydrogens is 298 g/mol. The lowest BCUT2D eigenvalue weighted by atomic mass is 10.1. The van der Waals surface area contributed by atoms with Gasteiger partial charge in [-0.3, -0.25) is 0 Å². The van der Waals surface area contributed by atoms with E-state index < -0.39 is 5.97 Å². The summed E-state index contributed by atoms with van der Waals surface area (Å²) in [6, 6.07) is 4.06. The Morgan fingerprint density at radius 3 is 2.82 bits per heavy atom. The van der Waals surface area contributed by atoms with E-state index in [1.165, 1.54) is 28.8 Å². The molecule has 0 radical (unpaired) electrons. The number of nitrogens with zero attached hydrogens (tertiary/aromatic N) is 2. The summed E-state index contributed by atoms with van der Waals surface area (Å²) in [4.78, 5) is 12.8. The van der Waals surface area contributed by atoms with Crippen molar-refractivity contribution in [3.05, 3.63) is 27.8 Å². The summed E-state index contributed by atoms with van der Waals surface area (Å²) >= 11 is 1.54. The predicted molar refractivity (Wildman–Crippen MR) is 84.2 cm³/mol. The van der Waals surface area contributed by atoms with E-state index in [1.54, 1.807) is 6.92 Å². The Labute approximate surface area is 133 Å². The number of nitriles is 2. The third-order valence-electron chi connectivity index (χ3n) is 3.50. The van der Waals surface area contributed by atoms with Crippen molar-refractivity contribution in [3.63, 3.8) is 0 Å². The van der Waals surface area contributed by atoms with Crippen molar-refractivity contribution in [3.8, 4) is 12.1 Å². The van der Waals surface area contributed by atoms with Gasteiger partial charge in [0.15, 0.2) is 5.57 Å². The van der Waals surface area contributed by atoms with Gasteiger partial charge in [0.05, 0.1) is 12.2 Å². The van der Waals surface area contributed by atoms with Gasteiger partial charge in [-0.05, 0) is 38.2 Å². The molecular formula is C16H17N3O2S. The number of esters is 1. The van der Waals surface area contributed by atoms with Crippen LogP contribution in [0.4, 0.5) is 5.00 Å². The Bertz CT molecular complexity index is 677. The molecule has 6 heteroatoms. The molecule has 0 aromatic carbocycles. The van der Waals surface area contributed by atoms with Crippen LogP contribution in [0.5, 0.6) is 0 Å². The Balaban J connectivity index is 2.25. The first kappa shape index (κ1) is 16.1. The zero-order valence-corrected chi connectivity index (χ0v) is 13.3. The van der Waals surface area contributed by atoms with Gasteiger partial charge in [-0.1, -0.05) is 6.42 Å². The summed E-state index contributed by atoms with van der Waals surface area (Å²) in [7, 11) is 0. The number of anilines is 1. The van der Waals surface area contributed by atoms with E-state index >= 15 is 0 Å². The van der Waals surface area contributed by atoms with Crippen LogP contribution >= 0.6 is 11.3 Å². The number of nitrogens with one attached hydrogen (secondary N) is 1. The van der Waals surface area contributed by atoms with Gasteiger partial charge in [0, 0.05) is 11.1 Å². The number of thiophene rings is 1. The molecule has 1 aliphatic rings. The molecule has 0 saturated heterocycles. The molecule has 1 aromatic heterocycles. The molecule has 0 bridgehead atoms. The molecule has 0 aliphatic heterocycles. The Morgan fingerprint density at radius 1 is 1.36 bits per heavy atom. The highest BCUT2D eigenvalue weighted by Crippen LogP contribution is 2.37. The second-order valence-electron chi connectivity index (χ2n) is 4.92. The minimum Gasteiger partial charge on any atom is -0.462 e. The molecule has 5 nitrogen and oxygen atoms in total. The lowest BCUT2D eigenvalue weighted by molar-refractivity contribution is -0.138. The molecule has 1 aliphatic carbocycles. The van der Waals surface area contributed by atoms with E-state index in [0.717, 1.165) is 31.2 Å². The molecule has 0 saturated carbocycles. The smallest absolute Gasteiger partial charge is 0.350 e. The number of fused-ring (bicyclic) bond motifs is 1. The first-order chi connectivity index (χ1) is 10.7. The van der Waals surface area contributed by atoms with Crippen molar-refractivity contribution in [2.45, 2.75) is 39.0 Å². The first-order valence-corrected chi connectivity index (χ1v) is 8.11. The lowest BCUT2D eigenvalue weighted by Gasteiger charge is -2.02. The first-order valence-electron chi connectivity index (χ1n) is 7.29. The van der Waals surface area contributed by atoms with Crippen LogP contribution in [0.15, 0.2) is 11.8 Å². The van der Waals surface area contributed by atoms with Crippen molar-refractivity contribution in [1.82, 2.24) is 0 Å². The van der Waals surface area contributed by atoms with E-state index in [4.69, 9.17) is 10.00 Å². The summed E-state index contributed by atoms with van der Waals surface area (Å²) < 4.78 is 4.81. The zero-order valence-electron chi connectivity index (χ0n) is 12.4. The minimum absolute atomic E-state index is 0.102. The van der Waals surface area contributed by atoms with Crippen LogP contribution < -0.4 is 5.32 Å². The van der Waals surface area contributed by atoms with Crippen molar-refractivity contribution in [2.24, 2.45) is 0 Å². The van der Waals surface area contributed by atoms with E-state index in [1.807, 2.05) is 6.07 Å². The minimum atomic E-state index is -0.658. The number of carbonyl (C=O) groups excluding carboxylic acids is 1. The molecule has 0 spiro atoms. The molecule has 1 N–H and O–H groups in total. The molecule has 2 rings (SSSR count). The number of ether oxygens (including phenoxy) is 1. The van der Waals surface area contributed by atoms with E-state index in [0.29, 0.717) is 10.6 Å². The topological polar surface area (TPSA) is 85.9 Å². The van der Waals surface area contributed by atoms with Crippen molar-refractivity contribution < 1.29 is 9.53 Å². The van der Waals surface area contributed by atoms with E-state index in [2.05, 4.69) is 11.4 Å². The van der Waals surface area contributed by atoms with Crippen LogP contribution in [0.3, 0.4) is 0 Å². The monoisotopic (exact) mass is 315 g/mol. The Morgan fingerprint density at radius 2 is 2.14 bits per heavy atom.